The number of fused-ring (bicyclic) bond motifs is 1. The van der Waals surface area contributed by atoms with Crippen molar-refractivity contribution < 1.29 is 4.79 Å². The van der Waals surface area contributed by atoms with E-state index in [2.05, 4.69) is 20.3 Å². The number of rotatable bonds is 5. The van der Waals surface area contributed by atoms with E-state index in [1.54, 1.807) is 4.68 Å². The van der Waals surface area contributed by atoms with Crippen LogP contribution in [0.2, 0.25) is 0 Å². The highest BCUT2D eigenvalue weighted by atomic mass is 32.2. The second-order valence-electron chi connectivity index (χ2n) is 5.27. The van der Waals surface area contributed by atoms with Crippen LogP contribution in [0.5, 0.6) is 0 Å². The summed E-state index contributed by atoms with van der Waals surface area (Å²) in [6.45, 7) is 0. The molecule has 2 aromatic heterocycles. The molecule has 6 nitrogen and oxygen atoms in total. The summed E-state index contributed by atoms with van der Waals surface area (Å²) in [6.07, 6.45) is 1.47. The predicted octanol–water partition coefficient (Wildman–Crippen LogP) is 3.19. The van der Waals surface area contributed by atoms with Crippen LogP contribution in [0.4, 0.5) is 0 Å². The third-order valence-corrected chi connectivity index (χ3v) is 4.62. The quantitative estimate of drug-likeness (QED) is 0.314. The molecule has 0 saturated heterocycles. The zero-order valence-corrected chi connectivity index (χ0v) is 13.9. The van der Waals surface area contributed by atoms with Gasteiger partial charge in [-0.2, -0.15) is 4.68 Å². The number of benzene rings is 2. The molecule has 0 bridgehead atoms. The maximum Gasteiger partial charge on any atom is 0.187 e. The summed E-state index contributed by atoms with van der Waals surface area (Å²) in [7, 11) is 0. The summed E-state index contributed by atoms with van der Waals surface area (Å²) in [5.41, 5.74) is 2.78. The van der Waals surface area contributed by atoms with Crippen LogP contribution >= 0.6 is 11.8 Å². The molecule has 0 N–H and O–H groups in total. The van der Waals surface area contributed by atoms with Crippen molar-refractivity contribution in [3.63, 3.8) is 0 Å². The first-order valence-corrected chi connectivity index (χ1v) is 8.64. The fourth-order valence-electron chi connectivity index (χ4n) is 2.42. The molecule has 0 radical (unpaired) electrons. The number of carbonyl (C=O) groups excluding carboxylic acids is 1. The number of carbonyl (C=O) groups is 1. The van der Waals surface area contributed by atoms with Gasteiger partial charge >= 0.3 is 0 Å². The van der Waals surface area contributed by atoms with Crippen LogP contribution in [0.1, 0.15) is 10.4 Å². The normalized spacial score (nSPS) is 10.9. The Balaban J connectivity index is 1.61. The molecule has 0 amide bonds. The molecule has 0 aliphatic rings. The SMILES string of the molecule is O=C(CSc1ncnc2c1nnn2-c1ccccc1)c1ccccc1. The van der Waals surface area contributed by atoms with Crippen LogP contribution in [0.15, 0.2) is 72.0 Å². The molecule has 4 rings (SSSR count). The van der Waals surface area contributed by atoms with Gasteiger partial charge in [-0.3, -0.25) is 4.79 Å². The Labute approximate surface area is 147 Å². The largest absolute Gasteiger partial charge is 0.293 e. The smallest absolute Gasteiger partial charge is 0.187 e. The molecule has 0 spiro atoms. The van der Waals surface area contributed by atoms with E-state index in [9.17, 15) is 4.79 Å². The summed E-state index contributed by atoms with van der Waals surface area (Å²) in [5, 5.41) is 9.03. The minimum absolute atomic E-state index is 0.0489. The third-order valence-electron chi connectivity index (χ3n) is 3.64. The Bertz CT molecular complexity index is 1020. The number of hydrogen-bond donors (Lipinski definition) is 0. The first-order chi connectivity index (χ1) is 12.3. The lowest BCUT2D eigenvalue weighted by Crippen LogP contribution is -2.02. The van der Waals surface area contributed by atoms with Crippen molar-refractivity contribution in [3.8, 4) is 5.69 Å². The fraction of sp³-hybridized carbons (Fsp3) is 0.0556. The van der Waals surface area contributed by atoms with E-state index < -0.39 is 0 Å². The molecule has 4 aromatic rings. The van der Waals surface area contributed by atoms with Crippen LogP contribution in [-0.2, 0) is 0 Å². The van der Waals surface area contributed by atoms with E-state index in [1.807, 2.05) is 60.7 Å². The number of hydrogen-bond acceptors (Lipinski definition) is 6. The molecule has 7 heteroatoms. The van der Waals surface area contributed by atoms with Gasteiger partial charge in [-0.25, -0.2) is 9.97 Å². The number of Topliss-reactive ketones (excluding diaryl/α,β-unsaturated/α-hetero) is 1. The van der Waals surface area contributed by atoms with Gasteiger partial charge in [-0.1, -0.05) is 65.5 Å². The fourth-order valence-corrected chi connectivity index (χ4v) is 3.24. The van der Waals surface area contributed by atoms with Crippen LogP contribution in [0.3, 0.4) is 0 Å². The van der Waals surface area contributed by atoms with Crippen molar-refractivity contribution in [1.82, 2.24) is 25.0 Å². The summed E-state index contributed by atoms with van der Waals surface area (Å²) >= 11 is 1.34. The second kappa shape index (κ2) is 6.82. The molecule has 0 saturated carbocycles. The average Bonchev–Trinajstić information content (AvgIpc) is 3.12. The minimum Gasteiger partial charge on any atom is -0.293 e. The summed E-state index contributed by atoms with van der Waals surface area (Å²) < 4.78 is 1.67. The summed E-state index contributed by atoms with van der Waals surface area (Å²) in [4.78, 5) is 20.8. The molecular formula is C18H13N5OS. The van der Waals surface area contributed by atoms with E-state index in [1.165, 1.54) is 18.1 Å². The van der Waals surface area contributed by atoms with Gasteiger partial charge in [0.1, 0.15) is 11.4 Å². The van der Waals surface area contributed by atoms with Gasteiger partial charge in [0, 0.05) is 5.56 Å². The lowest BCUT2D eigenvalue weighted by atomic mass is 10.2. The number of para-hydroxylation sites is 1. The van der Waals surface area contributed by atoms with Crippen molar-refractivity contribution >= 4 is 28.7 Å². The predicted molar refractivity (Wildman–Crippen MR) is 96.0 cm³/mol. The van der Waals surface area contributed by atoms with E-state index >= 15 is 0 Å². The molecule has 2 aromatic carbocycles. The average molecular weight is 347 g/mol. The van der Waals surface area contributed by atoms with Crippen molar-refractivity contribution in [3.05, 3.63) is 72.6 Å². The Hall–Kier alpha value is -3.06. The molecule has 0 atom stereocenters. The summed E-state index contributed by atoms with van der Waals surface area (Å²) in [5.74, 6) is 0.335. The maximum absolute atomic E-state index is 12.3. The number of nitrogens with zero attached hydrogens (tertiary/aromatic N) is 5. The summed E-state index contributed by atoms with van der Waals surface area (Å²) in [6, 6.07) is 18.9. The zero-order valence-electron chi connectivity index (χ0n) is 13.1. The zero-order chi connectivity index (χ0) is 17.1. The van der Waals surface area contributed by atoms with Gasteiger partial charge in [0.15, 0.2) is 16.9 Å². The van der Waals surface area contributed by atoms with Crippen LogP contribution in [0.25, 0.3) is 16.9 Å². The van der Waals surface area contributed by atoms with Crippen molar-refractivity contribution in [2.24, 2.45) is 0 Å². The Morgan fingerprint density at radius 2 is 1.68 bits per heavy atom. The van der Waals surface area contributed by atoms with Crippen molar-refractivity contribution in [2.45, 2.75) is 5.03 Å². The maximum atomic E-state index is 12.3. The van der Waals surface area contributed by atoms with Gasteiger partial charge in [0.05, 0.1) is 11.4 Å². The van der Waals surface area contributed by atoms with E-state index in [-0.39, 0.29) is 11.5 Å². The molecular weight excluding hydrogens is 334 g/mol. The van der Waals surface area contributed by atoms with Crippen molar-refractivity contribution in [1.29, 1.82) is 0 Å². The third kappa shape index (κ3) is 3.14. The monoisotopic (exact) mass is 347 g/mol. The van der Waals surface area contributed by atoms with Crippen LogP contribution in [-0.4, -0.2) is 36.5 Å². The lowest BCUT2D eigenvalue weighted by Gasteiger charge is -2.02. The molecule has 2 heterocycles. The molecule has 122 valence electrons. The standard InChI is InChI=1S/C18H13N5OS/c24-15(13-7-3-1-4-8-13)11-25-18-16-17(19-12-20-18)23(22-21-16)14-9-5-2-6-10-14/h1-10,12H,11H2. The van der Waals surface area contributed by atoms with Gasteiger partial charge in [0.2, 0.25) is 0 Å². The highest BCUT2D eigenvalue weighted by Crippen LogP contribution is 2.24. The Morgan fingerprint density at radius 3 is 2.44 bits per heavy atom. The number of thioether (sulfide) groups is 1. The number of ketones is 1. The van der Waals surface area contributed by atoms with Crippen LogP contribution < -0.4 is 0 Å². The Kier molecular flexibility index (Phi) is 4.22. The van der Waals surface area contributed by atoms with Gasteiger partial charge < -0.3 is 0 Å². The topological polar surface area (TPSA) is 73.6 Å². The minimum atomic E-state index is 0.0489. The molecule has 0 aliphatic heterocycles. The lowest BCUT2D eigenvalue weighted by molar-refractivity contribution is 0.102. The van der Waals surface area contributed by atoms with E-state index in [0.29, 0.717) is 21.8 Å². The molecule has 0 unspecified atom stereocenters. The van der Waals surface area contributed by atoms with Crippen molar-refractivity contribution in [2.75, 3.05) is 5.75 Å². The van der Waals surface area contributed by atoms with Gasteiger partial charge in [-0.15, -0.1) is 5.10 Å². The molecule has 25 heavy (non-hydrogen) atoms. The van der Waals surface area contributed by atoms with E-state index in [0.717, 1.165) is 5.69 Å². The second-order valence-corrected chi connectivity index (χ2v) is 6.23. The first kappa shape index (κ1) is 15.5. The Morgan fingerprint density at radius 1 is 0.960 bits per heavy atom. The highest BCUT2D eigenvalue weighted by molar-refractivity contribution is 8.00. The highest BCUT2D eigenvalue weighted by Gasteiger charge is 2.15. The van der Waals surface area contributed by atoms with Crippen LogP contribution in [0, 0.1) is 0 Å². The molecule has 0 aliphatic carbocycles. The van der Waals surface area contributed by atoms with E-state index in [4.69, 9.17) is 0 Å². The van der Waals surface area contributed by atoms with Gasteiger partial charge in [0.25, 0.3) is 0 Å². The molecule has 0 fully saturated rings. The number of aromatic nitrogens is 5. The van der Waals surface area contributed by atoms with Gasteiger partial charge in [-0.05, 0) is 12.1 Å². The first-order valence-electron chi connectivity index (χ1n) is 7.66.